The zero-order valence-corrected chi connectivity index (χ0v) is 19.1. The molecule has 2 aromatic carbocycles. The molecule has 0 bridgehead atoms. The van der Waals surface area contributed by atoms with Gasteiger partial charge in [0.05, 0.1) is 10.7 Å². The number of ether oxygens (including phenoxy) is 1. The molecule has 0 saturated heterocycles. The van der Waals surface area contributed by atoms with E-state index in [4.69, 9.17) is 16.3 Å². The summed E-state index contributed by atoms with van der Waals surface area (Å²) in [6, 6.07) is 19.3. The highest BCUT2D eigenvalue weighted by atomic mass is 35.5. The highest BCUT2D eigenvalue weighted by Crippen LogP contribution is 2.27. The van der Waals surface area contributed by atoms with Crippen LogP contribution in [0.2, 0.25) is 5.02 Å². The number of halogens is 1. The number of anilines is 1. The van der Waals surface area contributed by atoms with Crippen molar-refractivity contribution in [2.75, 3.05) is 5.32 Å². The van der Waals surface area contributed by atoms with Crippen LogP contribution in [-0.2, 0) is 4.79 Å². The Morgan fingerprint density at radius 2 is 1.79 bits per heavy atom. The van der Waals surface area contributed by atoms with Gasteiger partial charge in [-0.1, -0.05) is 48.0 Å². The van der Waals surface area contributed by atoms with Crippen molar-refractivity contribution < 1.29 is 9.53 Å². The van der Waals surface area contributed by atoms with E-state index in [1.54, 1.807) is 48.7 Å². The van der Waals surface area contributed by atoms with E-state index in [0.717, 1.165) is 11.1 Å². The maximum Gasteiger partial charge on any atom is 0.269 e. The molecule has 7 nitrogen and oxygen atoms in total. The van der Waals surface area contributed by atoms with Crippen LogP contribution in [0, 0.1) is 25.2 Å². The quantitative estimate of drug-likeness (QED) is 0.315. The first kappa shape index (κ1) is 22.8. The number of carbonyl (C=O) groups excluding carboxylic acids is 1. The van der Waals surface area contributed by atoms with Crippen molar-refractivity contribution in [1.82, 2.24) is 9.38 Å². The van der Waals surface area contributed by atoms with Crippen LogP contribution in [0.4, 0.5) is 5.69 Å². The van der Waals surface area contributed by atoms with Crippen molar-refractivity contribution in [3.8, 4) is 17.7 Å². The van der Waals surface area contributed by atoms with Gasteiger partial charge in [-0.2, -0.15) is 10.2 Å². The number of carbonyl (C=O) groups is 1. The van der Waals surface area contributed by atoms with E-state index < -0.39 is 11.5 Å². The maximum absolute atomic E-state index is 13.4. The van der Waals surface area contributed by atoms with E-state index >= 15 is 0 Å². The average Bonchev–Trinajstić information content (AvgIpc) is 2.82. The SMILES string of the molecule is Cc1ccccc1Oc1nc2c(C)cccn2c(=O)c1/C=C(/C#N)C(=O)Nc1ccccc1Cl. The fourth-order valence-electron chi connectivity index (χ4n) is 3.31. The number of nitriles is 1. The molecule has 4 rings (SSSR count). The third kappa shape index (κ3) is 4.53. The number of aryl methyl sites for hydroxylation is 2. The second kappa shape index (κ2) is 9.61. The molecule has 2 heterocycles. The predicted octanol–water partition coefficient (Wildman–Crippen LogP) is 5.30. The summed E-state index contributed by atoms with van der Waals surface area (Å²) in [5.41, 5.74) is 1.54. The van der Waals surface area contributed by atoms with E-state index in [0.29, 0.717) is 22.1 Å². The lowest BCUT2D eigenvalue weighted by atomic mass is 10.1. The molecule has 0 spiro atoms. The van der Waals surface area contributed by atoms with Crippen LogP contribution in [0.25, 0.3) is 11.7 Å². The molecular formula is C26H19ClN4O3. The van der Waals surface area contributed by atoms with Crippen molar-refractivity contribution >= 4 is 34.9 Å². The molecule has 0 saturated carbocycles. The molecular weight excluding hydrogens is 452 g/mol. The summed E-state index contributed by atoms with van der Waals surface area (Å²) < 4.78 is 7.37. The Morgan fingerprint density at radius 1 is 1.09 bits per heavy atom. The van der Waals surface area contributed by atoms with Gasteiger partial charge in [0.1, 0.15) is 28.6 Å². The topological polar surface area (TPSA) is 96.5 Å². The molecule has 2 aromatic heterocycles. The average molecular weight is 471 g/mol. The van der Waals surface area contributed by atoms with Gasteiger partial charge in [0.25, 0.3) is 11.5 Å². The largest absolute Gasteiger partial charge is 0.438 e. The van der Waals surface area contributed by atoms with E-state index in [2.05, 4.69) is 10.3 Å². The Balaban J connectivity index is 1.86. The summed E-state index contributed by atoms with van der Waals surface area (Å²) in [6.45, 7) is 3.69. The van der Waals surface area contributed by atoms with Gasteiger partial charge in [0, 0.05) is 6.20 Å². The zero-order valence-electron chi connectivity index (χ0n) is 18.4. The molecule has 34 heavy (non-hydrogen) atoms. The van der Waals surface area contributed by atoms with Crippen LogP contribution >= 0.6 is 11.6 Å². The van der Waals surface area contributed by atoms with E-state index in [-0.39, 0.29) is 17.0 Å². The monoisotopic (exact) mass is 470 g/mol. The number of nitrogens with zero attached hydrogens (tertiary/aromatic N) is 3. The molecule has 0 atom stereocenters. The van der Waals surface area contributed by atoms with Crippen molar-refractivity contribution in [3.05, 3.63) is 105 Å². The van der Waals surface area contributed by atoms with Crippen molar-refractivity contribution in [3.63, 3.8) is 0 Å². The van der Waals surface area contributed by atoms with Crippen LogP contribution in [0.5, 0.6) is 11.6 Å². The van der Waals surface area contributed by atoms with E-state index in [1.807, 2.05) is 38.1 Å². The number of pyridine rings is 1. The molecule has 1 amide bonds. The number of fused-ring (bicyclic) bond motifs is 1. The lowest BCUT2D eigenvalue weighted by molar-refractivity contribution is -0.112. The predicted molar refractivity (Wildman–Crippen MR) is 131 cm³/mol. The first-order valence-corrected chi connectivity index (χ1v) is 10.7. The van der Waals surface area contributed by atoms with Crippen molar-refractivity contribution in [2.24, 2.45) is 0 Å². The number of hydrogen-bond acceptors (Lipinski definition) is 5. The number of hydrogen-bond donors (Lipinski definition) is 1. The van der Waals surface area contributed by atoms with E-state index in [1.165, 1.54) is 10.5 Å². The Hall–Kier alpha value is -4.41. The molecule has 0 aliphatic carbocycles. The van der Waals surface area contributed by atoms with Crippen molar-refractivity contribution in [1.29, 1.82) is 5.26 Å². The van der Waals surface area contributed by atoms with E-state index in [9.17, 15) is 14.9 Å². The standard InChI is InChI=1S/C26H19ClN4O3/c1-16-8-3-6-12-22(16)34-25-19(26(33)31-13-7-9-17(2)23(31)30-25)14-18(15-28)24(32)29-21-11-5-4-10-20(21)27/h3-14H,1-2H3,(H,29,32)/b18-14-. The number of rotatable bonds is 5. The fraction of sp³-hybridized carbons (Fsp3) is 0.0769. The molecule has 1 N–H and O–H groups in total. The van der Waals surface area contributed by atoms with Crippen LogP contribution in [0.15, 0.2) is 77.2 Å². The van der Waals surface area contributed by atoms with Gasteiger partial charge in [0.15, 0.2) is 0 Å². The Bertz CT molecular complexity index is 1550. The summed E-state index contributed by atoms with van der Waals surface area (Å²) in [7, 11) is 0. The van der Waals surface area contributed by atoms with Gasteiger partial charge in [-0.15, -0.1) is 0 Å². The second-order valence-electron chi connectivity index (χ2n) is 7.49. The molecule has 0 aliphatic heterocycles. The van der Waals surface area contributed by atoms with Gasteiger partial charge >= 0.3 is 0 Å². The van der Waals surface area contributed by atoms with Gasteiger partial charge < -0.3 is 10.1 Å². The molecule has 168 valence electrons. The molecule has 0 radical (unpaired) electrons. The molecule has 8 heteroatoms. The number of nitrogens with one attached hydrogen (secondary N) is 1. The summed E-state index contributed by atoms with van der Waals surface area (Å²) in [5.74, 6) is -0.223. The molecule has 0 fully saturated rings. The third-order valence-corrected chi connectivity index (χ3v) is 5.45. The minimum atomic E-state index is -0.716. The normalized spacial score (nSPS) is 11.2. The highest BCUT2D eigenvalue weighted by molar-refractivity contribution is 6.34. The third-order valence-electron chi connectivity index (χ3n) is 5.13. The summed E-state index contributed by atoms with van der Waals surface area (Å²) >= 11 is 6.11. The van der Waals surface area contributed by atoms with Gasteiger partial charge in [-0.3, -0.25) is 14.0 Å². The Morgan fingerprint density at radius 3 is 2.53 bits per heavy atom. The lowest BCUT2D eigenvalue weighted by Gasteiger charge is -2.13. The summed E-state index contributed by atoms with van der Waals surface area (Å²) in [6.07, 6.45) is 2.76. The second-order valence-corrected chi connectivity index (χ2v) is 7.90. The highest BCUT2D eigenvalue weighted by Gasteiger charge is 2.19. The molecule has 0 unspecified atom stereocenters. The number of amides is 1. The lowest BCUT2D eigenvalue weighted by Crippen LogP contribution is -2.21. The number of aromatic nitrogens is 2. The number of benzene rings is 2. The van der Waals surface area contributed by atoms with Crippen molar-refractivity contribution in [2.45, 2.75) is 13.8 Å². The van der Waals surface area contributed by atoms with Crippen LogP contribution in [0.1, 0.15) is 16.7 Å². The summed E-state index contributed by atoms with van der Waals surface area (Å²) in [5, 5.41) is 12.6. The van der Waals surface area contributed by atoms with Crippen LogP contribution in [-0.4, -0.2) is 15.3 Å². The Kier molecular flexibility index (Phi) is 6.44. The van der Waals surface area contributed by atoms with Crippen LogP contribution in [0.3, 0.4) is 0 Å². The van der Waals surface area contributed by atoms with Gasteiger partial charge in [-0.05, 0) is 55.3 Å². The first-order chi connectivity index (χ1) is 16.4. The van der Waals surface area contributed by atoms with Gasteiger partial charge in [-0.25, -0.2) is 0 Å². The minimum absolute atomic E-state index is 0.00751. The van der Waals surface area contributed by atoms with Crippen LogP contribution < -0.4 is 15.6 Å². The Labute approximate surface area is 200 Å². The van der Waals surface area contributed by atoms with Gasteiger partial charge in [0.2, 0.25) is 5.88 Å². The summed E-state index contributed by atoms with van der Waals surface area (Å²) in [4.78, 5) is 30.8. The zero-order chi connectivity index (χ0) is 24.2. The maximum atomic E-state index is 13.4. The molecule has 4 aromatic rings. The number of para-hydroxylation sites is 2. The minimum Gasteiger partial charge on any atom is -0.438 e. The smallest absolute Gasteiger partial charge is 0.269 e. The first-order valence-electron chi connectivity index (χ1n) is 10.3. The fourth-order valence-corrected chi connectivity index (χ4v) is 3.50. The molecule has 0 aliphatic rings.